The fraction of sp³-hybridized carbons (Fsp3) is 0.452. The highest BCUT2D eigenvalue weighted by molar-refractivity contribution is 7.89. The standard InChI is InChI=1S/C31H41F2N7O6S/c1-7-46-31(42)40-28-10-11-39(47(43,44)24-15-21(32)14-22(33)16-24)18-26(28)29(36-40)35-30(41)25-9-8-23(38(5)13-12-37(3)4)17-27(25)34-20(2)19-45-6/h8-9,14-17,20,34H,7,10-13,18-19H2,1-6H3,(H,35,36,41)/t20-/m0/s1. The lowest BCUT2D eigenvalue weighted by molar-refractivity contribution is 0.102. The summed E-state index contributed by atoms with van der Waals surface area (Å²) in [4.78, 5) is 30.2. The molecule has 47 heavy (non-hydrogen) atoms. The number of carbonyl (C=O) groups excluding carboxylic acids is 2. The molecular formula is C31H41F2N7O6S. The van der Waals surface area contributed by atoms with E-state index in [1.54, 1.807) is 20.1 Å². The minimum absolute atomic E-state index is 0.0172. The molecule has 1 aliphatic rings. The highest BCUT2D eigenvalue weighted by atomic mass is 32.2. The molecule has 0 aliphatic carbocycles. The van der Waals surface area contributed by atoms with Crippen molar-refractivity contribution in [3.05, 3.63) is 64.9 Å². The number of anilines is 3. The number of carbonyl (C=O) groups is 2. The fourth-order valence-corrected chi connectivity index (χ4v) is 6.61. The lowest BCUT2D eigenvalue weighted by atomic mass is 10.1. The van der Waals surface area contributed by atoms with Crippen molar-refractivity contribution in [1.29, 1.82) is 0 Å². The van der Waals surface area contributed by atoms with Gasteiger partial charge in [-0.3, -0.25) is 4.79 Å². The molecule has 1 aromatic heterocycles. The van der Waals surface area contributed by atoms with E-state index in [1.807, 2.05) is 40.2 Å². The molecular weight excluding hydrogens is 636 g/mol. The maximum Gasteiger partial charge on any atom is 0.434 e. The Balaban J connectivity index is 1.70. The Labute approximate surface area is 273 Å². The summed E-state index contributed by atoms with van der Waals surface area (Å²) in [6.07, 6.45) is -0.780. The number of rotatable bonds is 13. The van der Waals surface area contributed by atoms with E-state index in [9.17, 15) is 26.8 Å². The number of benzene rings is 2. The molecule has 2 N–H and O–H groups in total. The van der Waals surface area contributed by atoms with Crippen molar-refractivity contribution in [2.75, 3.05) is 76.6 Å². The summed E-state index contributed by atoms with van der Waals surface area (Å²) in [5.41, 5.74) is 2.26. The molecule has 2 heterocycles. The predicted molar refractivity (Wildman–Crippen MR) is 173 cm³/mol. The second-order valence-corrected chi connectivity index (χ2v) is 13.4. The van der Waals surface area contributed by atoms with Gasteiger partial charge in [0.05, 0.1) is 29.4 Å². The van der Waals surface area contributed by atoms with Crippen LogP contribution in [-0.2, 0) is 32.5 Å². The van der Waals surface area contributed by atoms with Gasteiger partial charge in [-0.1, -0.05) is 0 Å². The first-order valence-corrected chi connectivity index (χ1v) is 16.5. The number of halogens is 2. The topological polar surface area (TPSA) is 138 Å². The Morgan fingerprint density at radius 2 is 1.79 bits per heavy atom. The molecule has 1 amide bonds. The predicted octanol–water partition coefficient (Wildman–Crippen LogP) is 3.61. The number of amides is 1. The number of methoxy groups -OCH3 is 1. The molecule has 4 rings (SSSR count). The van der Waals surface area contributed by atoms with Crippen LogP contribution in [0, 0.1) is 11.6 Å². The molecule has 1 atom stereocenters. The summed E-state index contributed by atoms with van der Waals surface area (Å²) in [7, 11) is 3.14. The van der Waals surface area contributed by atoms with Crippen LogP contribution in [0.3, 0.4) is 0 Å². The zero-order valence-corrected chi connectivity index (χ0v) is 28.2. The summed E-state index contributed by atoms with van der Waals surface area (Å²) in [6, 6.07) is 7.24. The fourth-order valence-electron chi connectivity index (χ4n) is 5.16. The summed E-state index contributed by atoms with van der Waals surface area (Å²) in [5, 5.41) is 10.4. The average molecular weight is 678 g/mol. The van der Waals surface area contributed by atoms with E-state index in [2.05, 4.69) is 25.5 Å². The van der Waals surface area contributed by atoms with Gasteiger partial charge in [0.1, 0.15) is 11.6 Å². The maximum atomic E-state index is 13.9. The van der Waals surface area contributed by atoms with E-state index in [1.165, 1.54) is 0 Å². The molecule has 0 bridgehead atoms. The van der Waals surface area contributed by atoms with Crippen LogP contribution >= 0.6 is 0 Å². The van der Waals surface area contributed by atoms with Gasteiger partial charge in [-0.05, 0) is 58.3 Å². The Morgan fingerprint density at radius 1 is 1.09 bits per heavy atom. The number of likely N-dealkylation sites (N-methyl/N-ethyl adjacent to an activating group) is 2. The molecule has 13 nitrogen and oxygen atoms in total. The molecule has 16 heteroatoms. The minimum atomic E-state index is -4.36. The molecule has 2 aromatic carbocycles. The lowest BCUT2D eigenvalue weighted by Gasteiger charge is -2.27. The SMILES string of the molecule is CCOC(=O)n1nc(NC(=O)c2ccc(N(C)CCN(C)C)cc2N[C@@H](C)COC)c2c1CCN(S(=O)(=O)c1cc(F)cc(F)c1)C2. The van der Waals surface area contributed by atoms with E-state index in [0.29, 0.717) is 24.1 Å². The van der Waals surface area contributed by atoms with Gasteiger partial charge in [0.25, 0.3) is 5.91 Å². The first-order valence-electron chi connectivity index (χ1n) is 15.1. The van der Waals surface area contributed by atoms with Crippen molar-refractivity contribution in [2.24, 2.45) is 0 Å². The van der Waals surface area contributed by atoms with Gasteiger partial charge in [-0.2, -0.15) is 8.99 Å². The number of nitrogens with one attached hydrogen (secondary N) is 2. The van der Waals surface area contributed by atoms with Crippen LogP contribution in [0.4, 0.5) is 30.8 Å². The zero-order chi connectivity index (χ0) is 34.5. The lowest BCUT2D eigenvalue weighted by Crippen LogP contribution is -2.37. The van der Waals surface area contributed by atoms with Gasteiger partial charge in [-0.15, -0.1) is 5.10 Å². The van der Waals surface area contributed by atoms with Crippen LogP contribution in [-0.4, -0.2) is 107 Å². The molecule has 0 unspecified atom stereocenters. The largest absolute Gasteiger partial charge is 0.448 e. The van der Waals surface area contributed by atoms with Crippen molar-refractivity contribution < 1.29 is 36.3 Å². The van der Waals surface area contributed by atoms with Crippen molar-refractivity contribution in [2.45, 2.75) is 37.8 Å². The molecule has 3 aromatic rings. The van der Waals surface area contributed by atoms with Gasteiger partial charge < -0.3 is 29.9 Å². The number of hydrogen-bond donors (Lipinski definition) is 2. The first kappa shape index (κ1) is 35.7. The van der Waals surface area contributed by atoms with E-state index < -0.39 is 38.6 Å². The quantitative estimate of drug-likeness (QED) is 0.276. The van der Waals surface area contributed by atoms with Crippen LogP contribution in [0.15, 0.2) is 41.3 Å². The number of nitrogens with zero attached hydrogens (tertiary/aromatic N) is 5. The van der Waals surface area contributed by atoms with E-state index >= 15 is 0 Å². The number of fused-ring (bicyclic) bond motifs is 1. The third kappa shape index (κ3) is 8.43. The highest BCUT2D eigenvalue weighted by Crippen LogP contribution is 2.32. The number of sulfonamides is 1. The van der Waals surface area contributed by atoms with Crippen LogP contribution in [0.2, 0.25) is 0 Å². The molecule has 256 valence electrons. The van der Waals surface area contributed by atoms with Gasteiger partial charge >= 0.3 is 6.09 Å². The molecule has 0 radical (unpaired) electrons. The smallest absolute Gasteiger partial charge is 0.434 e. The van der Waals surface area contributed by atoms with Crippen LogP contribution in [0.5, 0.6) is 0 Å². The van der Waals surface area contributed by atoms with Gasteiger partial charge in [0, 0.05) is 75.8 Å². The van der Waals surface area contributed by atoms with Crippen LogP contribution in [0.1, 0.15) is 35.5 Å². The summed E-state index contributed by atoms with van der Waals surface area (Å²) >= 11 is 0. The normalized spacial score (nSPS) is 14.1. The highest BCUT2D eigenvalue weighted by Gasteiger charge is 2.35. The van der Waals surface area contributed by atoms with Crippen molar-refractivity contribution in [1.82, 2.24) is 19.0 Å². The molecule has 0 spiro atoms. The second kappa shape index (κ2) is 15.2. The number of aromatic nitrogens is 2. The van der Waals surface area contributed by atoms with Crippen molar-refractivity contribution in [3.63, 3.8) is 0 Å². The second-order valence-electron chi connectivity index (χ2n) is 11.5. The number of ether oxygens (including phenoxy) is 2. The maximum absolute atomic E-state index is 13.9. The van der Waals surface area contributed by atoms with Crippen LogP contribution in [0.25, 0.3) is 0 Å². The van der Waals surface area contributed by atoms with E-state index in [-0.39, 0.29) is 49.1 Å². The first-order chi connectivity index (χ1) is 22.2. The zero-order valence-electron chi connectivity index (χ0n) is 27.3. The molecule has 0 fully saturated rings. The third-order valence-electron chi connectivity index (χ3n) is 7.56. The van der Waals surface area contributed by atoms with E-state index in [0.717, 1.165) is 39.9 Å². The summed E-state index contributed by atoms with van der Waals surface area (Å²) in [6.45, 7) is 5.09. The molecule has 0 saturated heterocycles. The van der Waals surface area contributed by atoms with Crippen molar-refractivity contribution in [3.8, 4) is 0 Å². The van der Waals surface area contributed by atoms with Crippen molar-refractivity contribution >= 4 is 39.2 Å². The summed E-state index contributed by atoms with van der Waals surface area (Å²) in [5.74, 6) is -2.69. The third-order valence-corrected chi connectivity index (χ3v) is 9.38. The Bertz CT molecular complexity index is 1700. The Hall–Kier alpha value is -4.12. The van der Waals surface area contributed by atoms with Gasteiger partial charge in [-0.25, -0.2) is 22.0 Å². The molecule has 0 saturated carbocycles. The molecule has 1 aliphatic heterocycles. The minimum Gasteiger partial charge on any atom is -0.448 e. The van der Waals surface area contributed by atoms with Crippen LogP contribution < -0.4 is 15.5 Å². The van der Waals surface area contributed by atoms with Gasteiger partial charge in [0.2, 0.25) is 10.0 Å². The monoisotopic (exact) mass is 677 g/mol. The Kier molecular flexibility index (Phi) is 11.5. The van der Waals surface area contributed by atoms with E-state index in [4.69, 9.17) is 9.47 Å². The van der Waals surface area contributed by atoms with Gasteiger partial charge in [0.15, 0.2) is 5.82 Å². The average Bonchev–Trinajstić information content (AvgIpc) is 3.37. The summed E-state index contributed by atoms with van der Waals surface area (Å²) < 4.78 is 67.2. The Morgan fingerprint density at radius 3 is 2.43 bits per heavy atom. The number of hydrogen-bond acceptors (Lipinski definition) is 10.